The maximum atomic E-state index is 5.85. The van der Waals surface area contributed by atoms with Gasteiger partial charge in [0.1, 0.15) is 0 Å². The molecule has 98 valence electrons. The minimum Gasteiger partial charge on any atom is -0.378 e. The Morgan fingerprint density at radius 3 is 2.47 bits per heavy atom. The predicted molar refractivity (Wildman–Crippen MR) is 79.0 cm³/mol. The lowest BCUT2D eigenvalue weighted by Gasteiger charge is -2.11. The summed E-state index contributed by atoms with van der Waals surface area (Å²) in [6.07, 6.45) is 4.78. The zero-order chi connectivity index (χ0) is 13.7. The summed E-state index contributed by atoms with van der Waals surface area (Å²) in [5, 5.41) is 4.37. The number of nitrogens with one attached hydrogen (secondary N) is 1. The molecule has 1 aromatic carbocycles. The number of benzene rings is 1. The SMILES string of the molecule is CN(C)c1ccc(C=NNc2nccnc2Cl)cc1. The fourth-order valence-corrected chi connectivity index (χ4v) is 1.57. The fourth-order valence-electron chi connectivity index (χ4n) is 1.42. The van der Waals surface area contributed by atoms with Crippen molar-refractivity contribution >= 4 is 29.3 Å². The number of hydrogen-bond donors (Lipinski definition) is 1. The molecule has 2 rings (SSSR count). The molecule has 1 N–H and O–H groups in total. The molecule has 19 heavy (non-hydrogen) atoms. The molecule has 0 aliphatic heterocycles. The Morgan fingerprint density at radius 1 is 1.16 bits per heavy atom. The third-order valence-electron chi connectivity index (χ3n) is 2.45. The van der Waals surface area contributed by atoms with Crippen molar-refractivity contribution in [2.24, 2.45) is 5.10 Å². The van der Waals surface area contributed by atoms with E-state index in [9.17, 15) is 0 Å². The number of rotatable bonds is 4. The summed E-state index contributed by atoms with van der Waals surface area (Å²) in [6, 6.07) is 8.02. The molecule has 1 aromatic heterocycles. The minimum absolute atomic E-state index is 0.294. The minimum atomic E-state index is 0.294. The zero-order valence-electron chi connectivity index (χ0n) is 10.7. The van der Waals surface area contributed by atoms with Crippen molar-refractivity contribution in [2.75, 3.05) is 24.4 Å². The van der Waals surface area contributed by atoms with Crippen molar-refractivity contribution in [2.45, 2.75) is 0 Å². The van der Waals surface area contributed by atoms with Crippen molar-refractivity contribution in [1.29, 1.82) is 0 Å². The Morgan fingerprint density at radius 2 is 1.84 bits per heavy atom. The second-order valence-corrected chi connectivity index (χ2v) is 4.41. The van der Waals surface area contributed by atoms with Gasteiger partial charge in [-0.25, -0.2) is 9.97 Å². The summed E-state index contributed by atoms with van der Waals surface area (Å²) in [5.41, 5.74) is 4.88. The van der Waals surface area contributed by atoms with E-state index < -0.39 is 0 Å². The lowest BCUT2D eigenvalue weighted by Crippen LogP contribution is -2.08. The summed E-state index contributed by atoms with van der Waals surface area (Å²) in [4.78, 5) is 9.96. The molecule has 0 spiro atoms. The zero-order valence-corrected chi connectivity index (χ0v) is 11.5. The van der Waals surface area contributed by atoms with Gasteiger partial charge in [0.15, 0.2) is 11.0 Å². The maximum absolute atomic E-state index is 5.85. The van der Waals surface area contributed by atoms with Crippen LogP contribution in [0.4, 0.5) is 11.5 Å². The standard InChI is InChI=1S/C13H14ClN5/c1-19(2)11-5-3-10(4-6-11)9-17-18-13-12(14)15-7-8-16-13/h3-9H,1-2H3,(H,16,18). The number of halogens is 1. The Labute approximate surface area is 117 Å². The highest BCUT2D eigenvalue weighted by Gasteiger charge is 1.98. The average molecular weight is 276 g/mol. The fraction of sp³-hybridized carbons (Fsp3) is 0.154. The molecule has 0 fully saturated rings. The number of nitrogens with zero attached hydrogens (tertiary/aromatic N) is 4. The van der Waals surface area contributed by atoms with Crippen LogP contribution in [0, 0.1) is 0 Å². The van der Waals surface area contributed by atoms with E-state index in [0.717, 1.165) is 11.3 Å². The van der Waals surface area contributed by atoms with E-state index in [1.807, 2.05) is 43.3 Å². The molecule has 0 saturated heterocycles. The summed E-state index contributed by atoms with van der Waals surface area (Å²) < 4.78 is 0. The number of hydrazone groups is 1. The molecule has 0 atom stereocenters. The van der Waals surface area contributed by atoms with E-state index in [2.05, 4.69) is 20.5 Å². The Balaban J connectivity index is 2.01. The maximum Gasteiger partial charge on any atom is 0.184 e. The topological polar surface area (TPSA) is 53.4 Å². The van der Waals surface area contributed by atoms with Gasteiger partial charge in [0, 0.05) is 32.2 Å². The lowest BCUT2D eigenvalue weighted by atomic mass is 10.2. The van der Waals surface area contributed by atoms with Crippen molar-refractivity contribution < 1.29 is 0 Å². The van der Waals surface area contributed by atoms with Gasteiger partial charge in [0.2, 0.25) is 0 Å². The summed E-state index contributed by atoms with van der Waals surface area (Å²) in [5.74, 6) is 0.435. The lowest BCUT2D eigenvalue weighted by molar-refractivity contribution is 1.13. The largest absolute Gasteiger partial charge is 0.378 e. The molecule has 0 aliphatic carbocycles. The highest BCUT2D eigenvalue weighted by Crippen LogP contribution is 2.14. The van der Waals surface area contributed by atoms with Gasteiger partial charge in [0.05, 0.1) is 6.21 Å². The number of anilines is 2. The van der Waals surface area contributed by atoms with Crippen LogP contribution in [0.5, 0.6) is 0 Å². The molecular formula is C13H14ClN5. The smallest absolute Gasteiger partial charge is 0.184 e. The molecule has 0 radical (unpaired) electrons. The van der Waals surface area contributed by atoms with E-state index in [-0.39, 0.29) is 0 Å². The van der Waals surface area contributed by atoms with Crippen LogP contribution >= 0.6 is 11.6 Å². The van der Waals surface area contributed by atoms with Crippen molar-refractivity contribution in [3.8, 4) is 0 Å². The van der Waals surface area contributed by atoms with Gasteiger partial charge in [-0.3, -0.25) is 5.43 Å². The molecule has 0 aliphatic rings. The van der Waals surface area contributed by atoms with Crippen LogP contribution in [-0.2, 0) is 0 Å². The van der Waals surface area contributed by atoms with Gasteiger partial charge in [0.25, 0.3) is 0 Å². The van der Waals surface area contributed by atoms with E-state index in [1.165, 1.54) is 6.20 Å². The number of aromatic nitrogens is 2. The molecule has 6 heteroatoms. The Bertz CT molecular complexity index is 566. The quantitative estimate of drug-likeness (QED) is 0.688. The Hall–Kier alpha value is -2.14. The molecular weight excluding hydrogens is 262 g/mol. The first-order valence-electron chi connectivity index (χ1n) is 5.70. The van der Waals surface area contributed by atoms with Gasteiger partial charge in [-0.1, -0.05) is 23.7 Å². The highest BCUT2D eigenvalue weighted by molar-refractivity contribution is 6.31. The second-order valence-electron chi connectivity index (χ2n) is 4.05. The van der Waals surface area contributed by atoms with Crippen molar-refractivity contribution in [3.63, 3.8) is 0 Å². The first kappa shape index (κ1) is 13.3. The second kappa shape index (κ2) is 6.15. The monoisotopic (exact) mass is 275 g/mol. The average Bonchev–Trinajstić information content (AvgIpc) is 2.41. The highest BCUT2D eigenvalue weighted by atomic mass is 35.5. The molecule has 0 saturated carbocycles. The van der Waals surface area contributed by atoms with Crippen LogP contribution in [0.3, 0.4) is 0 Å². The molecule has 0 unspecified atom stereocenters. The van der Waals surface area contributed by atoms with Crippen LogP contribution in [0.1, 0.15) is 5.56 Å². The normalized spacial score (nSPS) is 10.7. The van der Waals surface area contributed by atoms with Crippen LogP contribution in [0.2, 0.25) is 5.15 Å². The van der Waals surface area contributed by atoms with E-state index in [0.29, 0.717) is 11.0 Å². The molecule has 0 amide bonds. The van der Waals surface area contributed by atoms with Crippen LogP contribution < -0.4 is 10.3 Å². The van der Waals surface area contributed by atoms with Gasteiger partial charge >= 0.3 is 0 Å². The van der Waals surface area contributed by atoms with Crippen molar-refractivity contribution in [1.82, 2.24) is 9.97 Å². The van der Waals surface area contributed by atoms with Crippen LogP contribution in [-0.4, -0.2) is 30.3 Å². The molecule has 2 aromatic rings. The van der Waals surface area contributed by atoms with Gasteiger partial charge < -0.3 is 4.90 Å². The predicted octanol–water partition coefficient (Wildman–Crippen LogP) is 2.64. The van der Waals surface area contributed by atoms with E-state index >= 15 is 0 Å². The molecule has 5 nitrogen and oxygen atoms in total. The summed E-state index contributed by atoms with van der Waals surface area (Å²) in [6.45, 7) is 0. The van der Waals surface area contributed by atoms with E-state index in [1.54, 1.807) is 12.4 Å². The van der Waals surface area contributed by atoms with Gasteiger partial charge in [-0.15, -0.1) is 0 Å². The van der Waals surface area contributed by atoms with Crippen LogP contribution in [0.25, 0.3) is 0 Å². The van der Waals surface area contributed by atoms with Crippen molar-refractivity contribution in [3.05, 3.63) is 47.4 Å². The Kier molecular flexibility index (Phi) is 4.30. The van der Waals surface area contributed by atoms with Gasteiger partial charge in [-0.2, -0.15) is 5.10 Å². The first-order valence-corrected chi connectivity index (χ1v) is 6.07. The third kappa shape index (κ3) is 3.66. The summed E-state index contributed by atoms with van der Waals surface area (Å²) >= 11 is 5.85. The van der Waals surface area contributed by atoms with Gasteiger partial charge in [-0.05, 0) is 17.7 Å². The number of hydrogen-bond acceptors (Lipinski definition) is 5. The van der Waals surface area contributed by atoms with E-state index in [4.69, 9.17) is 11.6 Å². The molecule has 0 bridgehead atoms. The molecule has 1 heterocycles. The van der Waals surface area contributed by atoms with Crippen LogP contribution in [0.15, 0.2) is 41.8 Å². The summed E-state index contributed by atoms with van der Waals surface area (Å²) in [7, 11) is 4.00. The first-order chi connectivity index (χ1) is 9.16. The third-order valence-corrected chi connectivity index (χ3v) is 2.72.